The Bertz CT molecular complexity index is 409. The van der Waals surface area contributed by atoms with E-state index in [0.717, 1.165) is 37.7 Å². The second kappa shape index (κ2) is 4.67. The van der Waals surface area contributed by atoms with Gasteiger partial charge in [-0.15, -0.1) is 0 Å². The van der Waals surface area contributed by atoms with Crippen molar-refractivity contribution in [2.45, 2.75) is 70.4 Å². The van der Waals surface area contributed by atoms with Gasteiger partial charge in [0.05, 0.1) is 23.9 Å². The number of aromatic nitrogens is 2. The van der Waals surface area contributed by atoms with E-state index in [1.54, 1.807) is 0 Å². The second-order valence-corrected chi connectivity index (χ2v) is 6.22. The summed E-state index contributed by atoms with van der Waals surface area (Å²) in [5.74, 6) is 0. The van der Waals surface area contributed by atoms with E-state index in [9.17, 15) is 0 Å². The molecule has 100 valence electrons. The van der Waals surface area contributed by atoms with Gasteiger partial charge in [-0.05, 0) is 45.6 Å². The maximum atomic E-state index is 5.99. The summed E-state index contributed by atoms with van der Waals surface area (Å²) >= 11 is 0. The van der Waals surface area contributed by atoms with Gasteiger partial charge in [0, 0.05) is 18.8 Å². The highest BCUT2D eigenvalue weighted by Crippen LogP contribution is 2.29. The first-order valence-corrected chi connectivity index (χ1v) is 7.04. The Balaban J connectivity index is 1.50. The molecule has 0 bridgehead atoms. The van der Waals surface area contributed by atoms with E-state index in [1.165, 1.54) is 12.8 Å². The predicted molar refractivity (Wildman–Crippen MR) is 70.3 cm³/mol. The molecule has 1 atom stereocenters. The van der Waals surface area contributed by atoms with Crippen molar-refractivity contribution in [3.8, 4) is 0 Å². The minimum atomic E-state index is 0.0498. The van der Waals surface area contributed by atoms with Gasteiger partial charge in [-0.1, -0.05) is 0 Å². The summed E-state index contributed by atoms with van der Waals surface area (Å²) in [4.78, 5) is 0. The molecule has 1 N–H and O–H groups in total. The van der Waals surface area contributed by atoms with Crippen molar-refractivity contribution >= 4 is 0 Å². The number of nitrogens with zero attached hydrogens (tertiary/aromatic N) is 2. The van der Waals surface area contributed by atoms with E-state index in [0.29, 0.717) is 6.10 Å². The SMILES string of the molecule is CC1(C)CCC(Cn2ccc(CNC3CC3)n2)O1. The third-order valence-corrected chi connectivity index (χ3v) is 3.79. The van der Waals surface area contributed by atoms with Crippen LogP contribution in [0.4, 0.5) is 0 Å². The van der Waals surface area contributed by atoms with E-state index in [-0.39, 0.29) is 5.60 Å². The van der Waals surface area contributed by atoms with Crippen LogP contribution < -0.4 is 5.32 Å². The molecule has 0 spiro atoms. The molecular formula is C14H23N3O. The highest BCUT2D eigenvalue weighted by molar-refractivity contribution is 5.00. The van der Waals surface area contributed by atoms with E-state index in [1.807, 2.05) is 4.68 Å². The molecule has 1 aliphatic carbocycles. The molecule has 2 heterocycles. The Labute approximate surface area is 109 Å². The lowest BCUT2D eigenvalue weighted by molar-refractivity contribution is -0.0230. The Kier molecular flexibility index (Phi) is 3.16. The van der Waals surface area contributed by atoms with Gasteiger partial charge in [-0.3, -0.25) is 4.68 Å². The topological polar surface area (TPSA) is 39.1 Å². The minimum absolute atomic E-state index is 0.0498. The lowest BCUT2D eigenvalue weighted by atomic mass is 10.1. The van der Waals surface area contributed by atoms with E-state index < -0.39 is 0 Å². The normalized spacial score (nSPS) is 26.7. The van der Waals surface area contributed by atoms with Crippen molar-refractivity contribution in [2.24, 2.45) is 0 Å². The molecule has 4 heteroatoms. The Morgan fingerprint density at radius 3 is 2.94 bits per heavy atom. The van der Waals surface area contributed by atoms with Crippen molar-refractivity contribution in [2.75, 3.05) is 0 Å². The number of rotatable bonds is 5. The molecule has 2 aliphatic rings. The zero-order valence-electron chi connectivity index (χ0n) is 11.4. The molecule has 0 aromatic carbocycles. The maximum absolute atomic E-state index is 5.99. The standard InChI is InChI=1S/C14H23N3O/c1-14(2)7-5-13(18-14)10-17-8-6-12(16-17)9-15-11-3-4-11/h6,8,11,13,15H,3-5,7,9-10H2,1-2H3. The van der Waals surface area contributed by atoms with Crippen molar-refractivity contribution in [1.82, 2.24) is 15.1 Å². The van der Waals surface area contributed by atoms with Crippen LogP contribution in [0, 0.1) is 0 Å². The van der Waals surface area contributed by atoms with E-state index in [2.05, 4.69) is 36.5 Å². The molecule has 1 aliphatic heterocycles. The van der Waals surface area contributed by atoms with Gasteiger partial charge in [0.2, 0.25) is 0 Å². The minimum Gasteiger partial charge on any atom is -0.370 e. The van der Waals surface area contributed by atoms with Crippen LogP contribution in [0.3, 0.4) is 0 Å². The average Bonchev–Trinajstić information content (AvgIpc) is 2.94. The lowest BCUT2D eigenvalue weighted by Crippen LogP contribution is -2.23. The van der Waals surface area contributed by atoms with Crippen LogP contribution in [0.15, 0.2) is 12.3 Å². The van der Waals surface area contributed by atoms with Crippen LogP contribution in [0.5, 0.6) is 0 Å². The van der Waals surface area contributed by atoms with Crippen LogP contribution in [0.25, 0.3) is 0 Å². The third kappa shape index (κ3) is 3.12. The summed E-state index contributed by atoms with van der Waals surface area (Å²) in [6.07, 6.45) is 7.33. The second-order valence-electron chi connectivity index (χ2n) is 6.22. The smallest absolute Gasteiger partial charge is 0.0779 e. The summed E-state index contributed by atoms with van der Waals surface area (Å²) in [5.41, 5.74) is 1.19. The van der Waals surface area contributed by atoms with Crippen molar-refractivity contribution in [3.05, 3.63) is 18.0 Å². The number of ether oxygens (including phenoxy) is 1. The van der Waals surface area contributed by atoms with Gasteiger partial charge in [0.15, 0.2) is 0 Å². The van der Waals surface area contributed by atoms with Crippen LogP contribution >= 0.6 is 0 Å². The van der Waals surface area contributed by atoms with Gasteiger partial charge in [-0.25, -0.2) is 0 Å². The van der Waals surface area contributed by atoms with Crippen LogP contribution in [0.1, 0.15) is 45.2 Å². The van der Waals surface area contributed by atoms with Gasteiger partial charge in [0.25, 0.3) is 0 Å². The fourth-order valence-electron chi connectivity index (χ4n) is 2.55. The van der Waals surface area contributed by atoms with Crippen LogP contribution in [0.2, 0.25) is 0 Å². The summed E-state index contributed by atoms with van der Waals surface area (Å²) in [5, 5.41) is 8.08. The highest BCUT2D eigenvalue weighted by atomic mass is 16.5. The van der Waals surface area contributed by atoms with Crippen molar-refractivity contribution in [3.63, 3.8) is 0 Å². The zero-order valence-corrected chi connectivity index (χ0v) is 11.4. The van der Waals surface area contributed by atoms with Gasteiger partial charge in [0.1, 0.15) is 0 Å². The van der Waals surface area contributed by atoms with Crippen molar-refractivity contribution in [1.29, 1.82) is 0 Å². The molecule has 1 saturated heterocycles. The summed E-state index contributed by atoms with van der Waals surface area (Å²) in [7, 11) is 0. The lowest BCUT2D eigenvalue weighted by Gasteiger charge is -2.19. The first-order valence-electron chi connectivity index (χ1n) is 7.04. The van der Waals surface area contributed by atoms with E-state index in [4.69, 9.17) is 4.74 Å². The number of hydrogen-bond donors (Lipinski definition) is 1. The van der Waals surface area contributed by atoms with Crippen LogP contribution in [-0.4, -0.2) is 27.5 Å². The number of nitrogens with one attached hydrogen (secondary N) is 1. The molecular weight excluding hydrogens is 226 g/mol. The Hall–Kier alpha value is -0.870. The fraction of sp³-hybridized carbons (Fsp3) is 0.786. The maximum Gasteiger partial charge on any atom is 0.0779 e. The van der Waals surface area contributed by atoms with Crippen LogP contribution in [-0.2, 0) is 17.8 Å². The summed E-state index contributed by atoms with van der Waals surface area (Å²) in [6.45, 7) is 6.11. The molecule has 18 heavy (non-hydrogen) atoms. The molecule has 0 amide bonds. The first kappa shape index (κ1) is 12.2. The third-order valence-electron chi connectivity index (χ3n) is 3.79. The largest absolute Gasteiger partial charge is 0.370 e. The summed E-state index contributed by atoms with van der Waals surface area (Å²) in [6, 6.07) is 2.85. The molecule has 1 saturated carbocycles. The van der Waals surface area contributed by atoms with Gasteiger partial charge in [-0.2, -0.15) is 5.10 Å². The Morgan fingerprint density at radius 2 is 2.28 bits per heavy atom. The Morgan fingerprint density at radius 1 is 1.44 bits per heavy atom. The fourth-order valence-corrected chi connectivity index (χ4v) is 2.55. The molecule has 1 unspecified atom stereocenters. The van der Waals surface area contributed by atoms with E-state index >= 15 is 0 Å². The average molecular weight is 249 g/mol. The zero-order chi connectivity index (χ0) is 12.6. The molecule has 1 aromatic heterocycles. The van der Waals surface area contributed by atoms with Gasteiger partial charge >= 0.3 is 0 Å². The summed E-state index contributed by atoms with van der Waals surface area (Å²) < 4.78 is 8.02. The first-order chi connectivity index (χ1) is 8.61. The predicted octanol–water partition coefficient (Wildman–Crippen LogP) is 2.09. The van der Waals surface area contributed by atoms with Gasteiger partial charge < -0.3 is 10.1 Å². The van der Waals surface area contributed by atoms with Crippen molar-refractivity contribution < 1.29 is 4.74 Å². The molecule has 1 aromatic rings. The highest BCUT2D eigenvalue weighted by Gasteiger charge is 2.31. The molecule has 2 fully saturated rings. The monoisotopic (exact) mass is 249 g/mol. The molecule has 3 rings (SSSR count). The molecule has 4 nitrogen and oxygen atoms in total. The number of hydrogen-bond acceptors (Lipinski definition) is 3. The quantitative estimate of drug-likeness (QED) is 0.868. The molecule has 0 radical (unpaired) electrons.